The van der Waals surface area contributed by atoms with Crippen LogP contribution in [0.3, 0.4) is 0 Å². The van der Waals surface area contributed by atoms with Gasteiger partial charge in [0.15, 0.2) is 5.13 Å². The molecular formula is C10H17N3O2S. The molecule has 5 nitrogen and oxygen atoms in total. The van der Waals surface area contributed by atoms with E-state index in [0.717, 1.165) is 6.42 Å². The summed E-state index contributed by atoms with van der Waals surface area (Å²) in [6, 6.07) is 0. The van der Waals surface area contributed by atoms with Gasteiger partial charge < -0.3 is 15.8 Å². The Balaban J connectivity index is 2.33. The van der Waals surface area contributed by atoms with Gasteiger partial charge in [-0.3, -0.25) is 4.79 Å². The lowest BCUT2D eigenvalue weighted by molar-refractivity contribution is 0.0947. The van der Waals surface area contributed by atoms with Crippen molar-refractivity contribution in [2.24, 2.45) is 0 Å². The number of carbonyl (C=O) groups excluding carboxylic acids is 1. The summed E-state index contributed by atoms with van der Waals surface area (Å²) in [4.78, 5) is 16.3. The van der Waals surface area contributed by atoms with Crippen molar-refractivity contribution in [1.82, 2.24) is 10.3 Å². The number of hydrogen-bond donors (Lipinski definition) is 2. The van der Waals surface area contributed by atoms with Crippen LogP contribution in [-0.2, 0) is 4.74 Å². The second-order valence-electron chi connectivity index (χ2n) is 3.27. The minimum atomic E-state index is -0.108. The number of thiazole rings is 1. The number of hydrogen-bond acceptors (Lipinski definition) is 5. The Morgan fingerprint density at radius 3 is 2.94 bits per heavy atom. The largest absolute Gasteiger partial charge is 0.382 e. The molecule has 16 heavy (non-hydrogen) atoms. The third kappa shape index (κ3) is 3.79. The second-order valence-corrected chi connectivity index (χ2v) is 4.30. The van der Waals surface area contributed by atoms with Gasteiger partial charge in [-0.25, -0.2) is 4.98 Å². The predicted octanol–water partition coefficient (Wildman–Crippen LogP) is 1.19. The zero-order valence-electron chi connectivity index (χ0n) is 9.58. The van der Waals surface area contributed by atoms with E-state index >= 15 is 0 Å². The first-order chi connectivity index (χ1) is 7.65. The number of anilines is 1. The lowest BCUT2D eigenvalue weighted by Crippen LogP contribution is -2.25. The summed E-state index contributed by atoms with van der Waals surface area (Å²) in [6.45, 7) is 5.71. The average Bonchev–Trinajstić information content (AvgIpc) is 2.57. The minimum Gasteiger partial charge on any atom is -0.382 e. The highest BCUT2D eigenvalue weighted by Crippen LogP contribution is 2.19. The molecule has 90 valence electrons. The van der Waals surface area contributed by atoms with Crippen LogP contribution < -0.4 is 11.1 Å². The van der Waals surface area contributed by atoms with Crippen LogP contribution in [0.1, 0.15) is 28.7 Å². The van der Waals surface area contributed by atoms with Crippen LogP contribution in [0.25, 0.3) is 0 Å². The van der Waals surface area contributed by atoms with E-state index in [9.17, 15) is 4.79 Å². The smallest absolute Gasteiger partial charge is 0.263 e. The van der Waals surface area contributed by atoms with E-state index in [1.807, 2.05) is 6.92 Å². The van der Waals surface area contributed by atoms with Crippen molar-refractivity contribution in [3.8, 4) is 0 Å². The molecule has 1 heterocycles. The molecule has 3 N–H and O–H groups in total. The molecule has 0 aromatic carbocycles. The summed E-state index contributed by atoms with van der Waals surface area (Å²) in [5.74, 6) is -0.108. The number of nitrogen functional groups attached to an aromatic ring is 1. The van der Waals surface area contributed by atoms with E-state index < -0.39 is 0 Å². The van der Waals surface area contributed by atoms with E-state index in [1.54, 1.807) is 6.92 Å². The normalized spacial score (nSPS) is 10.4. The zero-order valence-corrected chi connectivity index (χ0v) is 10.4. The first kappa shape index (κ1) is 12.9. The number of nitrogens with one attached hydrogen (secondary N) is 1. The van der Waals surface area contributed by atoms with Crippen molar-refractivity contribution in [2.75, 3.05) is 25.5 Å². The summed E-state index contributed by atoms with van der Waals surface area (Å²) in [5.41, 5.74) is 6.20. The Labute approximate surface area is 99.0 Å². The fraction of sp³-hybridized carbons (Fsp3) is 0.600. The van der Waals surface area contributed by atoms with Gasteiger partial charge in [0.25, 0.3) is 5.91 Å². The first-order valence-corrected chi connectivity index (χ1v) is 6.05. The maximum atomic E-state index is 11.7. The van der Waals surface area contributed by atoms with Crippen molar-refractivity contribution in [2.45, 2.75) is 20.3 Å². The lowest BCUT2D eigenvalue weighted by Gasteiger charge is -2.03. The van der Waals surface area contributed by atoms with Crippen LogP contribution in [0.15, 0.2) is 0 Å². The molecule has 0 saturated carbocycles. The van der Waals surface area contributed by atoms with Crippen molar-refractivity contribution >= 4 is 22.4 Å². The fourth-order valence-corrected chi connectivity index (χ4v) is 1.98. The van der Waals surface area contributed by atoms with Crippen LogP contribution in [-0.4, -0.2) is 30.6 Å². The van der Waals surface area contributed by atoms with Crippen LogP contribution in [0.5, 0.6) is 0 Å². The second kappa shape index (κ2) is 6.44. The number of amides is 1. The molecule has 0 saturated heterocycles. The highest BCUT2D eigenvalue weighted by atomic mass is 32.1. The Bertz CT molecular complexity index is 352. The van der Waals surface area contributed by atoms with Gasteiger partial charge in [0.1, 0.15) is 4.88 Å². The average molecular weight is 243 g/mol. The van der Waals surface area contributed by atoms with Crippen molar-refractivity contribution in [1.29, 1.82) is 0 Å². The molecule has 0 spiro atoms. The maximum Gasteiger partial charge on any atom is 0.263 e. The molecule has 0 aliphatic rings. The molecule has 0 radical (unpaired) electrons. The molecule has 0 unspecified atom stereocenters. The maximum absolute atomic E-state index is 11.7. The number of rotatable bonds is 6. The van der Waals surface area contributed by atoms with E-state index in [4.69, 9.17) is 10.5 Å². The van der Waals surface area contributed by atoms with Gasteiger partial charge in [0.2, 0.25) is 0 Å². The molecule has 1 rings (SSSR count). The number of nitrogens with zero attached hydrogens (tertiary/aromatic N) is 1. The molecule has 0 aliphatic carbocycles. The number of aryl methyl sites for hydroxylation is 1. The third-order valence-corrected chi connectivity index (χ3v) is 2.96. The van der Waals surface area contributed by atoms with E-state index in [2.05, 4.69) is 10.3 Å². The molecule has 1 aromatic heterocycles. The van der Waals surface area contributed by atoms with Crippen LogP contribution in [0.2, 0.25) is 0 Å². The molecule has 1 amide bonds. The van der Waals surface area contributed by atoms with E-state index in [0.29, 0.717) is 35.5 Å². The Kier molecular flexibility index (Phi) is 5.21. The summed E-state index contributed by atoms with van der Waals surface area (Å²) in [5, 5.41) is 3.24. The Hall–Kier alpha value is -1.14. The molecule has 0 bridgehead atoms. The minimum absolute atomic E-state index is 0.108. The van der Waals surface area contributed by atoms with Crippen LogP contribution in [0, 0.1) is 6.92 Å². The number of ether oxygens (including phenoxy) is 1. The highest BCUT2D eigenvalue weighted by molar-refractivity contribution is 7.17. The van der Waals surface area contributed by atoms with Gasteiger partial charge >= 0.3 is 0 Å². The predicted molar refractivity (Wildman–Crippen MR) is 64.7 cm³/mol. The number of nitrogens with two attached hydrogens (primary N) is 1. The fourth-order valence-electron chi connectivity index (χ4n) is 1.23. The lowest BCUT2D eigenvalue weighted by atomic mass is 10.3. The number of aromatic nitrogens is 1. The molecule has 0 fully saturated rings. The van der Waals surface area contributed by atoms with Crippen molar-refractivity contribution < 1.29 is 9.53 Å². The molecule has 0 atom stereocenters. The summed E-state index contributed by atoms with van der Waals surface area (Å²) in [7, 11) is 0. The van der Waals surface area contributed by atoms with E-state index in [1.165, 1.54) is 11.3 Å². The van der Waals surface area contributed by atoms with Gasteiger partial charge in [-0.05, 0) is 20.3 Å². The molecular weight excluding hydrogens is 226 g/mol. The quantitative estimate of drug-likeness (QED) is 0.736. The SMILES string of the molecule is CCOCCCNC(=O)c1sc(N)nc1C. The van der Waals surface area contributed by atoms with Gasteiger partial charge in [-0.15, -0.1) is 0 Å². The van der Waals surface area contributed by atoms with Crippen LogP contribution >= 0.6 is 11.3 Å². The summed E-state index contributed by atoms with van der Waals surface area (Å²) >= 11 is 1.21. The van der Waals surface area contributed by atoms with Crippen molar-refractivity contribution in [3.63, 3.8) is 0 Å². The molecule has 1 aromatic rings. The topological polar surface area (TPSA) is 77.2 Å². The number of carbonyl (C=O) groups is 1. The van der Waals surface area contributed by atoms with Gasteiger partial charge in [-0.2, -0.15) is 0 Å². The Morgan fingerprint density at radius 1 is 1.62 bits per heavy atom. The van der Waals surface area contributed by atoms with Gasteiger partial charge in [0.05, 0.1) is 5.69 Å². The van der Waals surface area contributed by atoms with Gasteiger partial charge in [-0.1, -0.05) is 11.3 Å². The zero-order chi connectivity index (χ0) is 12.0. The Morgan fingerprint density at radius 2 is 2.38 bits per heavy atom. The molecule has 6 heteroatoms. The first-order valence-electron chi connectivity index (χ1n) is 5.24. The highest BCUT2D eigenvalue weighted by Gasteiger charge is 2.13. The van der Waals surface area contributed by atoms with E-state index in [-0.39, 0.29) is 5.91 Å². The summed E-state index contributed by atoms with van der Waals surface area (Å²) in [6.07, 6.45) is 0.812. The summed E-state index contributed by atoms with van der Waals surface area (Å²) < 4.78 is 5.17. The molecule has 0 aliphatic heterocycles. The third-order valence-electron chi connectivity index (χ3n) is 1.97. The van der Waals surface area contributed by atoms with Crippen LogP contribution in [0.4, 0.5) is 5.13 Å². The standard InChI is InChI=1S/C10H17N3O2S/c1-3-15-6-4-5-12-9(14)8-7(2)13-10(11)16-8/h3-6H2,1-2H3,(H2,11,13)(H,12,14). The van der Waals surface area contributed by atoms with Gasteiger partial charge in [0, 0.05) is 19.8 Å². The van der Waals surface area contributed by atoms with Crippen molar-refractivity contribution in [3.05, 3.63) is 10.6 Å². The monoisotopic (exact) mass is 243 g/mol.